The van der Waals surface area contributed by atoms with E-state index >= 15 is 0 Å². The second-order valence-corrected chi connectivity index (χ2v) is 8.12. The number of likely N-dealkylation sites (tertiary alicyclic amines) is 1. The van der Waals surface area contributed by atoms with E-state index in [2.05, 4.69) is 9.97 Å². The molecule has 0 spiro atoms. The molecule has 3 rings (SSSR count). The lowest BCUT2D eigenvalue weighted by Crippen LogP contribution is -2.41. The van der Waals surface area contributed by atoms with Crippen LogP contribution in [0.15, 0.2) is 6.20 Å². The number of carboxylic acids is 1. The van der Waals surface area contributed by atoms with Crippen LogP contribution in [0.5, 0.6) is 0 Å². The molecule has 0 bridgehead atoms. The maximum absolute atomic E-state index is 12.3. The van der Waals surface area contributed by atoms with Crippen molar-refractivity contribution in [2.24, 2.45) is 0 Å². The summed E-state index contributed by atoms with van der Waals surface area (Å²) in [5, 5.41) is 9.57. The Balaban J connectivity index is 1.73. The van der Waals surface area contributed by atoms with Crippen LogP contribution in [0.2, 0.25) is 0 Å². The fraction of sp³-hybridized carbons (Fsp3) is 0.684. The summed E-state index contributed by atoms with van der Waals surface area (Å²) in [6.45, 7) is 9.11. The van der Waals surface area contributed by atoms with E-state index in [4.69, 9.17) is 9.47 Å². The van der Waals surface area contributed by atoms with Crippen LogP contribution in [-0.2, 0) is 9.47 Å². The third kappa shape index (κ3) is 4.89. The van der Waals surface area contributed by atoms with Gasteiger partial charge in [-0.25, -0.2) is 19.6 Å². The third-order valence-corrected chi connectivity index (χ3v) is 4.86. The molecule has 1 aromatic rings. The predicted molar refractivity (Wildman–Crippen MR) is 102 cm³/mol. The highest BCUT2D eigenvalue weighted by Gasteiger charge is 2.31. The Morgan fingerprint density at radius 2 is 1.82 bits per heavy atom. The topological polar surface area (TPSA) is 105 Å². The number of aromatic nitrogens is 2. The number of piperidine rings is 1. The summed E-state index contributed by atoms with van der Waals surface area (Å²) in [5.74, 6) is -0.524. The minimum absolute atomic E-state index is 0.0347. The Kier molecular flexibility index (Phi) is 6.02. The Morgan fingerprint density at radius 1 is 1.18 bits per heavy atom. The second-order valence-electron chi connectivity index (χ2n) is 8.12. The zero-order valence-corrected chi connectivity index (χ0v) is 16.7. The van der Waals surface area contributed by atoms with Gasteiger partial charge in [0.15, 0.2) is 0 Å². The number of ether oxygens (including phenoxy) is 2. The average molecular weight is 392 g/mol. The van der Waals surface area contributed by atoms with Crippen LogP contribution in [0.1, 0.15) is 55.6 Å². The molecular weight excluding hydrogens is 364 g/mol. The van der Waals surface area contributed by atoms with Crippen LogP contribution in [0.25, 0.3) is 0 Å². The molecule has 1 N–H and O–H groups in total. The Labute approximate surface area is 164 Å². The molecule has 0 unspecified atom stereocenters. The number of carbonyl (C=O) groups excluding carboxylic acids is 1. The molecule has 0 aliphatic carbocycles. The number of carboxylic acid groups (broad SMARTS) is 1. The number of amides is 1. The van der Waals surface area contributed by atoms with Crippen LogP contribution in [0, 0.1) is 0 Å². The number of hydrogen-bond acceptors (Lipinski definition) is 7. The number of morpholine rings is 1. The maximum Gasteiger partial charge on any atom is 0.410 e. The van der Waals surface area contributed by atoms with Crippen molar-refractivity contribution in [3.63, 3.8) is 0 Å². The molecule has 3 heterocycles. The molecule has 2 aliphatic heterocycles. The Hall–Kier alpha value is -2.42. The standard InChI is InChI=1S/C19H28N4O5/c1-19(2,3)28-18(26)23-6-4-13(5-7-23)15-14(16(24)25)12-20-17(21-15)22-8-10-27-11-9-22/h12-13H,4-11H2,1-3H3,(H,24,25). The number of carbonyl (C=O) groups is 2. The van der Waals surface area contributed by atoms with Crippen LogP contribution in [0.4, 0.5) is 10.7 Å². The van der Waals surface area contributed by atoms with E-state index in [0.717, 1.165) is 0 Å². The van der Waals surface area contributed by atoms with Gasteiger partial charge in [0.05, 0.1) is 24.5 Å². The van der Waals surface area contributed by atoms with Crippen LogP contribution >= 0.6 is 0 Å². The average Bonchev–Trinajstić information content (AvgIpc) is 2.67. The van der Waals surface area contributed by atoms with Gasteiger partial charge in [-0.15, -0.1) is 0 Å². The molecule has 1 amide bonds. The predicted octanol–water partition coefficient (Wildman–Crippen LogP) is 2.13. The third-order valence-electron chi connectivity index (χ3n) is 4.86. The summed E-state index contributed by atoms with van der Waals surface area (Å²) < 4.78 is 10.8. The lowest BCUT2D eigenvalue weighted by atomic mass is 9.91. The highest BCUT2D eigenvalue weighted by molar-refractivity contribution is 5.88. The first-order valence-electron chi connectivity index (χ1n) is 9.65. The van der Waals surface area contributed by atoms with Gasteiger partial charge in [-0.3, -0.25) is 0 Å². The zero-order chi connectivity index (χ0) is 20.3. The van der Waals surface area contributed by atoms with Gasteiger partial charge in [0.25, 0.3) is 0 Å². The molecule has 2 saturated heterocycles. The zero-order valence-electron chi connectivity index (χ0n) is 16.7. The van der Waals surface area contributed by atoms with E-state index in [0.29, 0.717) is 63.9 Å². The van der Waals surface area contributed by atoms with E-state index in [1.165, 1.54) is 6.20 Å². The molecule has 0 atom stereocenters. The molecule has 2 aliphatic rings. The number of anilines is 1. The summed E-state index contributed by atoms with van der Waals surface area (Å²) in [6.07, 6.45) is 2.34. The molecular formula is C19H28N4O5. The molecule has 28 heavy (non-hydrogen) atoms. The summed E-state index contributed by atoms with van der Waals surface area (Å²) in [5.41, 5.74) is 0.143. The first kappa shape index (κ1) is 20.3. The minimum Gasteiger partial charge on any atom is -0.478 e. The van der Waals surface area contributed by atoms with Crippen LogP contribution < -0.4 is 4.90 Å². The number of hydrogen-bond donors (Lipinski definition) is 1. The second kappa shape index (κ2) is 8.30. The smallest absolute Gasteiger partial charge is 0.410 e. The molecule has 154 valence electrons. The van der Waals surface area contributed by atoms with Crippen LogP contribution in [-0.4, -0.2) is 77.0 Å². The fourth-order valence-electron chi connectivity index (χ4n) is 3.44. The van der Waals surface area contributed by atoms with Crippen LogP contribution in [0.3, 0.4) is 0 Å². The van der Waals surface area contributed by atoms with E-state index in [1.807, 2.05) is 25.7 Å². The summed E-state index contributed by atoms with van der Waals surface area (Å²) in [7, 11) is 0. The van der Waals surface area contributed by atoms with Crippen molar-refractivity contribution in [2.75, 3.05) is 44.3 Å². The van der Waals surface area contributed by atoms with Gasteiger partial charge < -0.3 is 24.4 Å². The van der Waals surface area contributed by atoms with E-state index in [9.17, 15) is 14.7 Å². The van der Waals surface area contributed by atoms with Gasteiger partial charge in [-0.2, -0.15) is 0 Å². The van der Waals surface area contributed by atoms with E-state index in [-0.39, 0.29) is 17.6 Å². The fourth-order valence-corrected chi connectivity index (χ4v) is 3.44. The monoisotopic (exact) mass is 392 g/mol. The van der Waals surface area contributed by atoms with Crippen molar-refractivity contribution < 1.29 is 24.2 Å². The van der Waals surface area contributed by atoms with Crippen molar-refractivity contribution in [2.45, 2.75) is 45.1 Å². The van der Waals surface area contributed by atoms with Gasteiger partial charge in [0.1, 0.15) is 5.60 Å². The largest absolute Gasteiger partial charge is 0.478 e. The van der Waals surface area contributed by atoms with Gasteiger partial charge >= 0.3 is 12.1 Å². The summed E-state index contributed by atoms with van der Waals surface area (Å²) in [4.78, 5) is 36.5. The molecule has 9 heteroatoms. The lowest BCUT2D eigenvalue weighted by molar-refractivity contribution is 0.0203. The molecule has 2 fully saturated rings. The number of aromatic carboxylic acids is 1. The highest BCUT2D eigenvalue weighted by atomic mass is 16.6. The Bertz CT molecular complexity index is 720. The first-order valence-corrected chi connectivity index (χ1v) is 9.65. The van der Waals surface area contributed by atoms with Crippen molar-refractivity contribution in [1.82, 2.24) is 14.9 Å². The molecule has 0 aromatic carbocycles. The van der Waals surface area contributed by atoms with Gasteiger partial charge in [0.2, 0.25) is 5.95 Å². The normalized spacial score (nSPS) is 18.8. The van der Waals surface area contributed by atoms with Gasteiger partial charge in [-0.1, -0.05) is 0 Å². The summed E-state index contributed by atoms with van der Waals surface area (Å²) >= 11 is 0. The van der Waals surface area contributed by atoms with Gasteiger partial charge in [-0.05, 0) is 33.6 Å². The van der Waals surface area contributed by atoms with E-state index < -0.39 is 11.6 Å². The molecule has 9 nitrogen and oxygen atoms in total. The lowest BCUT2D eigenvalue weighted by Gasteiger charge is -2.34. The maximum atomic E-state index is 12.3. The minimum atomic E-state index is -1.03. The van der Waals surface area contributed by atoms with Gasteiger partial charge in [0, 0.05) is 38.3 Å². The molecule has 1 aromatic heterocycles. The quantitative estimate of drug-likeness (QED) is 0.834. The van der Waals surface area contributed by atoms with Crippen molar-refractivity contribution >= 4 is 18.0 Å². The highest BCUT2D eigenvalue weighted by Crippen LogP contribution is 2.31. The van der Waals surface area contributed by atoms with Crippen molar-refractivity contribution in [3.05, 3.63) is 17.5 Å². The Morgan fingerprint density at radius 3 is 2.39 bits per heavy atom. The summed E-state index contributed by atoms with van der Waals surface area (Å²) in [6, 6.07) is 0. The van der Waals surface area contributed by atoms with Crippen molar-refractivity contribution in [3.8, 4) is 0 Å². The number of nitrogens with zero attached hydrogens (tertiary/aromatic N) is 4. The SMILES string of the molecule is CC(C)(C)OC(=O)N1CCC(c2nc(N3CCOCC3)ncc2C(=O)O)CC1. The first-order chi connectivity index (χ1) is 13.2. The molecule has 0 saturated carbocycles. The number of rotatable bonds is 3. The van der Waals surface area contributed by atoms with Crippen molar-refractivity contribution in [1.29, 1.82) is 0 Å². The molecule has 0 radical (unpaired) electrons. The van der Waals surface area contributed by atoms with E-state index in [1.54, 1.807) is 4.90 Å².